The van der Waals surface area contributed by atoms with E-state index in [1.54, 1.807) is 0 Å². The third-order valence-corrected chi connectivity index (χ3v) is 5.50. The molecule has 1 heterocycles. The molecule has 0 radical (unpaired) electrons. The number of nitrogen functional groups attached to an aromatic ring is 1. The van der Waals surface area contributed by atoms with E-state index in [1.165, 1.54) is 17.1 Å². The van der Waals surface area contributed by atoms with Gasteiger partial charge in [0, 0.05) is 19.3 Å². The topological polar surface area (TPSA) is 119 Å². The van der Waals surface area contributed by atoms with Gasteiger partial charge in [-0.1, -0.05) is 0 Å². The van der Waals surface area contributed by atoms with E-state index in [-0.39, 0.29) is 15.5 Å². The minimum atomic E-state index is -3.94. The van der Waals surface area contributed by atoms with Crippen molar-refractivity contribution in [2.45, 2.75) is 9.79 Å². The number of sulfone groups is 1. The molecule has 1 aliphatic rings. The number of hydrogen-bond donors (Lipinski definition) is 2. The van der Waals surface area contributed by atoms with E-state index in [0.717, 1.165) is 12.3 Å². The lowest BCUT2D eigenvalue weighted by Crippen LogP contribution is -2.48. The number of morpholine rings is 1. The van der Waals surface area contributed by atoms with Gasteiger partial charge in [-0.15, -0.1) is 4.83 Å². The van der Waals surface area contributed by atoms with Crippen molar-refractivity contribution in [1.82, 2.24) is 9.84 Å². The molecular weight excluding hydrogens is 318 g/mol. The third kappa shape index (κ3) is 3.92. The van der Waals surface area contributed by atoms with Crippen molar-refractivity contribution in [2.75, 3.05) is 38.3 Å². The van der Waals surface area contributed by atoms with Crippen LogP contribution in [0.2, 0.25) is 0 Å². The van der Waals surface area contributed by atoms with Crippen LogP contribution >= 0.6 is 0 Å². The largest absolute Gasteiger partial charge is 0.398 e. The van der Waals surface area contributed by atoms with Crippen LogP contribution in [-0.4, -0.2) is 54.4 Å². The van der Waals surface area contributed by atoms with Gasteiger partial charge in [0.2, 0.25) is 0 Å². The first-order valence-electron chi connectivity index (χ1n) is 6.15. The third-order valence-electron chi connectivity index (χ3n) is 2.96. The van der Waals surface area contributed by atoms with Gasteiger partial charge in [-0.25, -0.2) is 21.8 Å². The molecule has 0 amide bonds. The predicted octanol–water partition coefficient (Wildman–Crippen LogP) is -0.802. The summed E-state index contributed by atoms with van der Waals surface area (Å²) in [5.41, 5.74) is 5.66. The van der Waals surface area contributed by atoms with Gasteiger partial charge >= 0.3 is 0 Å². The maximum Gasteiger partial charge on any atom is 0.255 e. The van der Waals surface area contributed by atoms with E-state index < -0.39 is 19.9 Å². The Bertz CT molecular complexity index is 724. The van der Waals surface area contributed by atoms with Crippen molar-refractivity contribution in [3.8, 4) is 0 Å². The van der Waals surface area contributed by atoms with Crippen LogP contribution in [0.4, 0.5) is 5.69 Å². The second-order valence-electron chi connectivity index (χ2n) is 4.67. The summed E-state index contributed by atoms with van der Waals surface area (Å²) in [6.07, 6.45) is 1.00. The monoisotopic (exact) mass is 335 g/mol. The summed E-state index contributed by atoms with van der Waals surface area (Å²) in [6, 6.07) is 3.61. The van der Waals surface area contributed by atoms with E-state index in [9.17, 15) is 16.8 Å². The molecule has 21 heavy (non-hydrogen) atoms. The molecule has 1 aliphatic heterocycles. The van der Waals surface area contributed by atoms with Crippen molar-refractivity contribution in [1.29, 1.82) is 0 Å². The highest BCUT2D eigenvalue weighted by molar-refractivity contribution is 7.91. The van der Waals surface area contributed by atoms with Gasteiger partial charge < -0.3 is 10.5 Å². The maximum atomic E-state index is 12.3. The summed E-state index contributed by atoms with van der Waals surface area (Å²) in [7, 11) is -7.46. The van der Waals surface area contributed by atoms with Crippen molar-refractivity contribution in [2.24, 2.45) is 0 Å². The van der Waals surface area contributed by atoms with Gasteiger partial charge in [0.15, 0.2) is 9.84 Å². The summed E-state index contributed by atoms with van der Waals surface area (Å²) in [5.74, 6) is 0. The SMILES string of the molecule is CS(=O)(=O)c1ccc(N)c(S(=O)(=O)NN2CCOCC2)c1. The summed E-state index contributed by atoms with van der Waals surface area (Å²) in [4.78, 5) is 2.03. The first-order valence-corrected chi connectivity index (χ1v) is 9.52. The van der Waals surface area contributed by atoms with Crippen molar-refractivity contribution in [3.63, 3.8) is 0 Å². The molecule has 3 N–H and O–H groups in total. The maximum absolute atomic E-state index is 12.3. The average Bonchev–Trinajstić information content (AvgIpc) is 2.38. The molecule has 0 bridgehead atoms. The Balaban J connectivity index is 2.34. The Morgan fingerprint density at radius 3 is 2.38 bits per heavy atom. The molecular formula is C11H17N3O5S2. The summed E-state index contributed by atoms with van der Waals surface area (Å²) in [6.45, 7) is 1.65. The number of anilines is 1. The number of sulfonamides is 1. The average molecular weight is 335 g/mol. The minimum absolute atomic E-state index is 0.0110. The second kappa shape index (κ2) is 5.89. The number of hydrazine groups is 1. The van der Waals surface area contributed by atoms with E-state index in [4.69, 9.17) is 10.5 Å². The van der Waals surface area contributed by atoms with Gasteiger partial charge in [0.1, 0.15) is 4.90 Å². The Labute approximate surface area is 123 Å². The zero-order chi connectivity index (χ0) is 15.7. The van der Waals surface area contributed by atoms with Crippen LogP contribution in [0, 0.1) is 0 Å². The van der Waals surface area contributed by atoms with E-state index in [2.05, 4.69) is 4.83 Å². The first kappa shape index (κ1) is 16.2. The predicted molar refractivity (Wildman–Crippen MR) is 76.7 cm³/mol. The fourth-order valence-corrected chi connectivity index (χ4v) is 3.85. The molecule has 10 heteroatoms. The van der Waals surface area contributed by atoms with Crippen LogP contribution in [-0.2, 0) is 24.6 Å². The summed E-state index contributed by atoms with van der Waals surface area (Å²) < 4.78 is 52.9. The second-order valence-corrected chi connectivity index (χ2v) is 8.31. The zero-order valence-corrected chi connectivity index (χ0v) is 13.1. The zero-order valence-electron chi connectivity index (χ0n) is 11.4. The van der Waals surface area contributed by atoms with Crippen molar-refractivity contribution >= 4 is 25.5 Å². The number of nitrogens with two attached hydrogens (primary N) is 1. The number of nitrogens with zero attached hydrogens (tertiary/aromatic N) is 1. The molecule has 0 saturated carbocycles. The van der Waals surface area contributed by atoms with Crippen LogP contribution in [0.5, 0.6) is 0 Å². The van der Waals surface area contributed by atoms with E-state index in [0.29, 0.717) is 26.3 Å². The molecule has 0 atom stereocenters. The number of ether oxygens (including phenoxy) is 1. The van der Waals surface area contributed by atoms with Gasteiger partial charge in [-0.05, 0) is 18.2 Å². The van der Waals surface area contributed by atoms with E-state index in [1.807, 2.05) is 0 Å². The normalized spacial score (nSPS) is 17.8. The standard InChI is InChI=1S/C11H17N3O5S2/c1-20(15,16)9-2-3-10(12)11(8-9)21(17,18)13-14-4-6-19-7-5-14/h2-3,8,13H,4-7,12H2,1H3. The lowest BCUT2D eigenvalue weighted by molar-refractivity contribution is 0.0272. The molecule has 0 aliphatic carbocycles. The number of benzene rings is 1. The fourth-order valence-electron chi connectivity index (χ4n) is 1.85. The van der Waals surface area contributed by atoms with Crippen LogP contribution in [0.1, 0.15) is 0 Å². The first-order chi connectivity index (χ1) is 9.70. The van der Waals surface area contributed by atoms with Gasteiger partial charge in [-0.3, -0.25) is 0 Å². The number of rotatable bonds is 4. The summed E-state index contributed by atoms with van der Waals surface area (Å²) >= 11 is 0. The minimum Gasteiger partial charge on any atom is -0.398 e. The van der Waals surface area contributed by atoms with Crippen LogP contribution in [0.25, 0.3) is 0 Å². The smallest absolute Gasteiger partial charge is 0.255 e. The molecule has 1 aromatic carbocycles. The molecule has 2 rings (SSSR count). The highest BCUT2D eigenvalue weighted by atomic mass is 32.2. The quantitative estimate of drug-likeness (QED) is 0.691. The Kier molecular flexibility index (Phi) is 4.54. The van der Waals surface area contributed by atoms with Gasteiger partial charge in [-0.2, -0.15) is 0 Å². The summed E-state index contributed by atoms with van der Waals surface area (Å²) in [5, 5.41) is 1.49. The lowest BCUT2D eigenvalue weighted by Gasteiger charge is -2.27. The highest BCUT2D eigenvalue weighted by Gasteiger charge is 2.24. The molecule has 0 unspecified atom stereocenters. The van der Waals surface area contributed by atoms with Crippen LogP contribution in [0.15, 0.2) is 28.0 Å². The molecule has 1 saturated heterocycles. The van der Waals surface area contributed by atoms with Gasteiger partial charge in [0.05, 0.1) is 23.8 Å². The number of nitrogens with one attached hydrogen (secondary N) is 1. The number of hydrogen-bond acceptors (Lipinski definition) is 7. The molecule has 0 aromatic heterocycles. The fraction of sp³-hybridized carbons (Fsp3) is 0.455. The van der Waals surface area contributed by atoms with Crippen LogP contribution < -0.4 is 10.6 Å². The Hall–Kier alpha value is -1.20. The Morgan fingerprint density at radius 1 is 1.19 bits per heavy atom. The van der Waals surface area contributed by atoms with E-state index >= 15 is 0 Å². The molecule has 1 fully saturated rings. The molecule has 0 spiro atoms. The molecule has 1 aromatic rings. The highest BCUT2D eigenvalue weighted by Crippen LogP contribution is 2.22. The van der Waals surface area contributed by atoms with Crippen molar-refractivity contribution < 1.29 is 21.6 Å². The lowest BCUT2D eigenvalue weighted by atomic mass is 10.3. The van der Waals surface area contributed by atoms with Gasteiger partial charge in [0.25, 0.3) is 10.0 Å². The van der Waals surface area contributed by atoms with Crippen molar-refractivity contribution in [3.05, 3.63) is 18.2 Å². The molecule has 118 valence electrons. The molecule has 8 nitrogen and oxygen atoms in total. The Morgan fingerprint density at radius 2 is 1.81 bits per heavy atom. The van der Waals surface area contributed by atoms with Crippen LogP contribution in [0.3, 0.4) is 0 Å².